The minimum Gasteiger partial charge on any atom is -0.375 e. The predicted octanol–water partition coefficient (Wildman–Crippen LogP) is 1.10. The Labute approximate surface area is 125 Å². The Morgan fingerprint density at radius 2 is 2.10 bits per heavy atom. The lowest BCUT2D eigenvalue weighted by Crippen LogP contribution is -2.45. The average Bonchev–Trinajstić information content (AvgIpc) is 2.53. The van der Waals surface area contributed by atoms with E-state index in [4.69, 9.17) is 4.74 Å². The van der Waals surface area contributed by atoms with E-state index in [9.17, 15) is 8.42 Å². The highest BCUT2D eigenvalue weighted by molar-refractivity contribution is 7.89. The van der Waals surface area contributed by atoms with Crippen molar-refractivity contribution in [3.05, 3.63) is 12.4 Å². The summed E-state index contributed by atoms with van der Waals surface area (Å²) in [5.41, 5.74) is 0. The number of nitrogens with zero attached hydrogens (tertiary/aromatic N) is 3. The molecule has 7 nitrogen and oxygen atoms in total. The first kappa shape index (κ1) is 16.1. The molecule has 0 spiro atoms. The molecule has 1 aromatic rings. The van der Waals surface area contributed by atoms with Crippen LogP contribution in [0, 0.1) is 0 Å². The topological polar surface area (TPSA) is 84.4 Å². The van der Waals surface area contributed by atoms with E-state index in [1.54, 1.807) is 0 Å². The number of aromatic nitrogens is 2. The van der Waals surface area contributed by atoms with Gasteiger partial charge in [0.1, 0.15) is 4.90 Å². The molecule has 0 radical (unpaired) electrons. The maximum atomic E-state index is 12.5. The summed E-state index contributed by atoms with van der Waals surface area (Å²) in [4.78, 5) is 8.24. The van der Waals surface area contributed by atoms with Crippen molar-refractivity contribution < 1.29 is 13.2 Å². The van der Waals surface area contributed by atoms with Crippen molar-refractivity contribution in [2.24, 2.45) is 0 Å². The van der Waals surface area contributed by atoms with Crippen LogP contribution < -0.4 is 5.32 Å². The molecule has 1 aliphatic heterocycles. The highest BCUT2D eigenvalue weighted by Crippen LogP contribution is 2.19. The van der Waals surface area contributed by atoms with E-state index in [-0.39, 0.29) is 11.0 Å². The fourth-order valence-electron chi connectivity index (χ4n) is 2.08. The number of morpholine rings is 1. The highest BCUT2D eigenvalue weighted by Gasteiger charge is 2.30. The molecule has 1 aromatic heterocycles. The number of ether oxygens (including phenoxy) is 1. The zero-order valence-corrected chi connectivity index (χ0v) is 13.3. The molecule has 1 unspecified atom stereocenters. The Bertz CT molecular complexity index is 547. The third-order valence-corrected chi connectivity index (χ3v) is 5.17. The summed E-state index contributed by atoms with van der Waals surface area (Å²) in [7, 11) is -3.54. The molecule has 1 N–H and O–H groups in total. The third-order valence-electron chi connectivity index (χ3n) is 3.36. The van der Waals surface area contributed by atoms with Gasteiger partial charge in [-0.25, -0.2) is 18.4 Å². The molecular weight excluding hydrogens is 292 g/mol. The monoisotopic (exact) mass is 314 g/mol. The van der Waals surface area contributed by atoms with E-state index in [2.05, 4.69) is 15.3 Å². The van der Waals surface area contributed by atoms with Crippen LogP contribution in [0.1, 0.15) is 26.7 Å². The van der Waals surface area contributed by atoms with Gasteiger partial charge in [-0.3, -0.25) is 0 Å². The van der Waals surface area contributed by atoms with Gasteiger partial charge in [0.05, 0.1) is 25.1 Å². The molecule has 8 heteroatoms. The minimum absolute atomic E-state index is 0.0417. The van der Waals surface area contributed by atoms with Crippen molar-refractivity contribution in [2.45, 2.75) is 37.7 Å². The second kappa shape index (κ2) is 7.15. The van der Waals surface area contributed by atoms with E-state index in [1.165, 1.54) is 16.7 Å². The Morgan fingerprint density at radius 1 is 1.38 bits per heavy atom. The molecule has 0 aliphatic carbocycles. The van der Waals surface area contributed by atoms with Crippen LogP contribution >= 0.6 is 0 Å². The molecule has 0 saturated carbocycles. The summed E-state index contributed by atoms with van der Waals surface area (Å²) in [5.74, 6) is 0.448. The molecule has 2 heterocycles. The van der Waals surface area contributed by atoms with Crippen LogP contribution in [0.3, 0.4) is 0 Å². The summed E-state index contributed by atoms with van der Waals surface area (Å²) < 4.78 is 32.0. The van der Waals surface area contributed by atoms with Gasteiger partial charge in [0.25, 0.3) is 0 Å². The van der Waals surface area contributed by atoms with Crippen molar-refractivity contribution in [2.75, 3.05) is 31.6 Å². The lowest BCUT2D eigenvalue weighted by Gasteiger charge is -2.31. The van der Waals surface area contributed by atoms with E-state index >= 15 is 0 Å². The second-order valence-corrected chi connectivity index (χ2v) is 6.87. The fraction of sp³-hybridized carbons (Fsp3) is 0.692. The molecule has 0 amide bonds. The van der Waals surface area contributed by atoms with Gasteiger partial charge in [-0.05, 0) is 12.8 Å². The van der Waals surface area contributed by atoms with Crippen molar-refractivity contribution in [1.29, 1.82) is 0 Å². The van der Waals surface area contributed by atoms with Crippen molar-refractivity contribution in [3.63, 3.8) is 0 Å². The summed E-state index contributed by atoms with van der Waals surface area (Å²) in [6.07, 6.45) is 4.42. The second-order valence-electron chi connectivity index (χ2n) is 4.93. The molecular formula is C13H22N4O3S. The SMILES string of the molecule is CCCNc1ncc(S(=O)(=O)N2CCOC(CC)C2)cn1. The molecule has 0 aromatic carbocycles. The van der Waals surface area contributed by atoms with Gasteiger partial charge in [0.2, 0.25) is 16.0 Å². The number of rotatable bonds is 6. The number of hydrogen-bond acceptors (Lipinski definition) is 6. The molecule has 0 bridgehead atoms. The summed E-state index contributed by atoms with van der Waals surface area (Å²) in [6.45, 7) is 5.96. The van der Waals surface area contributed by atoms with Crippen molar-refractivity contribution in [3.8, 4) is 0 Å². The molecule has 1 fully saturated rings. The zero-order chi connectivity index (χ0) is 15.3. The zero-order valence-electron chi connectivity index (χ0n) is 12.4. The van der Waals surface area contributed by atoms with Gasteiger partial charge in [-0.2, -0.15) is 4.31 Å². The first-order valence-electron chi connectivity index (χ1n) is 7.25. The normalized spacial score (nSPS) is 20.4. The van der Waals surface area contributed by atoms with Gasteiger partial charge >= 0.3 is 0 Å². The van der Waals surface area contributed by atoms with Crippen LogP contribution in [0.2, 0.25) is 0 Å². The van der Waals surface area contributed by atoms with Crippen LogP contribution in [0.5, 0.6) is 0 Å². The standard InChI is InChI=1S/C13H22N4O3S/c1-3-5-14-13-15-8-12(9-16-13)21(18,19)17-6-7-20-11(4-2)10-17/h8-9,11H,3-7,10H2,1-2H3,(H,14,15,16). The van der Waals surface area contributed by atoms with Gasteiger partial charge in [-0.15, -0.1) is 0 Å². The molecule has 1 atom stereocenters. The highest BCUT2D eigenvalue weighted by atomic mass is 32.2. The summed E-state index contributed by atoms with van der Waals surface area (Å²) in [6, 6.07) is 0. The lowest BCUT2D eigenvalue weighted by molar-refractivity contribution is -0.00278. The van der Waals surface area contributed by atoms with Crippen molar-refractivity contribution in [1.82, 2.24) is 14.3 Å². The summed E-state index contributed by atoms with van der Waals surface area (Å²) in [5, 5.41) is 3.02. The van der Waals surface area contributed by atoms with E-state index in [1.807, 2.05) is 13.8 Å². The van der Waals surface area contributed by atoms with Crippen LogP contribution in [0.25, 0.3) is 0 Å². The average molecular weight is 314 g/mol. The first-order chi connectivity index (χ1) is 10.1. The lowest BCUT2D eigenvalue weighted by atomic mass is 10.2. The maximum absolute atomic E-state index is 12.5. The van der Waals surface area contributed by atoms with Crippen LogP contribution in [-0.4, -0.2) is 55.0 Å². The Hall–Kier alpha value is -1.25. The Balaban J connectivity index is 2.11. The van der Waals surface area contributed by atoms with Crippen LogP contribution in [-0.2, 0) is 14.8 Å². The molecule has 118 valence electrons. The maximum Gasteiger partial charge on any atom is 0.246 e. The van der Waals surface area contributed by atoms with Gasteiger partial charge in [-0.1, -0.05) is 13.8 Å². The number of hydrogen-bond donors (Lipinski definition) is 1. The smallest absolute Gasteiger partial charge is 0.246 e. The number of anilines is 1. The Kier molecular flexibility index (Phi) is 5.49. The molecule has 21 heavy (non-hydrogen) atoms. The number of sulfonamides is 1. The van der Waals surface area contributed by atoms with Crippen LogP contribution in [0.15, 0.2) is 17.3 Å². The summed E-state index contributed by atoms with van der Waals surface area (Å²) >= 11 is 0. The van der Waals surface area contributed by atoms with Gasteiger partial charge in [0, 0.05) is 19.6 Å². The van der Waals surface area contributed by atoms with Gasteiger partial charge in [0.15, 0.2) is 0 Å². The minimum atomic E-state index is -3.54. The fourth-order valence-corrected chi connectivity index (χ4v) is 3.43. The van der Waals surface area contributed by atoms with E-state index < -0.39 is 10.0 Å². The number of nitrogens with one attached hydrogen (secondary N) is 1. The third kappa shape index (κ3) is 3.90. The quantitative estimate of drug-likeness (QED) is 0.846. The van der Waals surface area contributed by atoms with E-state index in [0.29, 0.717) is 25.6 Å². The van der Waals surface area contributed by atoms with Gasteiger partial charge < -0.3 is 10.1 Å². The van der Waals surface area contributed by atoms with Crippen LogP contribution in [0.4, 0.5) is 5.95 Å². The molecule has 1 aliphatic rings. The predicted molar refractivity (Wildman–Crippen MR) is 79.6 cm³/mol. The Morgan fingerprint density at radius 3 is 2.71 bits per heavy atom. The first-order valence-corrected chi connectivity index (χ1v) is 8.69. The molecule has 1 saturated heterocycles. The van der Waals surface area contributed by atoms with E-state index in [0.717, 1.165) is 19.4 Å². The molecule has 2 rings (SSSR count). The van der Waals surface area contributed by atoms with Crippen molar-refractivity contribution >= 4 is 16.0 Å². The largest absolute Gasteiger partial charge is 0.375 e.